The van der Waals surface area contributed by atoms with Gasteiger partial charge in [0.1, 0.15) is 11.5 Å². The van der Waals surface area contributed by atoms with Gasteiger partial charge in [0, 0.05) is 49.5 Å². The number of aromatic nitrogens is 2. The van der Waals surface area contributed by atoms with E-state index in [1.54, 1.807) is 0 Å². The first-order valence-corrected chi connectivity index (χ1v) is 10.5. The van der Waals surface area contributed by atoms with E-state index in [2.05, 4.69) is 43.5 Å². The van der Waals surface area contributed by atoms with Crippen molar-refractivity contribution in [3.8, 4) is 0 Å². The highest BCUT2D eigenvalue weighted by Crippen LogP contribution is 2.27. The van der Waals surface area contributed by atoms with Crippen LogP contribution in [-0.4, -0.2) is 34.1 Å². The minimum absolute atomic E-state index is 0.266. The Balaban J connectivity index is 1.41. The van der Waals surface area contributed by atoms with E-state index >= 15 is 0 Å². The third-order valence-electron chi connectivity index (χ3n) is 5.44. The van der Waals surface area contributed by atoms with Crippen molar-refractivity contribution in [3.63, 3.8) is 0 Å². The van der Waals surface area contributed by atoms with Crippen LogP contribution < -0.4 is 10.9 Å². The zero-order valence-electron chi connectivity index (χ0n) is 16.7. The Hall–Kier alpha value is -2.12. The zero-order valence-corrected chi connectivity index (χ0v) is 17.5. The predicted octanol–water partition coefficient (Wildman–Crippen LogP) is 3.80. The smallest absolute Gasteiger partial charge is 0.118 e. The third kappa shape index (κ3) is 5.48. The van der Waals surface area contributed by atoms with Gasteiger partial charge in [0.25, 0.3) is 0 Å². The number of rotatable bonds is 9. The average Bonchev–Trinajstić information content (AvgIpc) is 3.46. The molecule has 1 aliphatic heterocycles. The molecule has 0 saturated carbocycles. The van der Waals surface area contributed by atoms with Crippen LogP contribution in [-0.2, 0) is 13.1 Å². The van der Waals surface area contributed by atoms with Gasteiger partial charge < -0.3 is 8.98 Å². The summed E-state index contributed by atoms with van der Waals surface area (Å²) in [7, 11) is 0. The van der Waals surface area contributed by atoms with Crippen molar-refractivity contribution in [2.24, 2.45) is 5.92 Å². The van der Waals surface area contributed by atoms with Crippen LogP contribution in [0, 0.1) is 12.8 Å². The quantitative estimate of drug-likeness (QED) is 0.558. The highest BCUT2D eigenvalue weighted by molar-refractivity contribution is 6.30. The summed E-state index contributed by atoms with van der Waals surface area (Å²) in [5.41, 5.74) is 8.04. The molecule has 29 heavy (non-hydrogen) atoms. The zero-order chi connectivity index (χ0) is 20.1. The van der Waals surface area contributed by atoms with E-state index in [0.717, 1.165) is 55.7 Å². The Morgan fingerprint density at radius 1 is 1.24 bits per heavy atom. The van der Waals surface area contributed by atoms with E-state index in [1.165, 1.54) is 5.56 Å². The minimum Gasteiger partial charge on any atom is -0.465 e. The second-order valence-electron chi connectivity index (χ2n) is 7.72. The molecule has 1 aliphatic rings. The molecule has 0 spiro atoms. The lowest BCUT2D eigenvalue weighted by atomic mass is 9.94. The molecule has 1 fully saturated rings. The molecule has 4 rings (SSSR count). The second kappa shape index (κ2) is 9.59. The maximum Gasteiger partial charge on any atom is 0.118 e. The van der Waals surface area contributed by atoms with Crippen LogP contribution in [0.25, 0.3) is 0 Å². The van der Waals surface area contributed by atoms with Crippen LogP contribution in [0.1, 0.15) is 29.5 Å². The summed E-state index contributed by atoms with van der Waals surface area (Å²) < 4.78 is 7.98. The number of imidazole rings is 1. The van der Waals surface area contributed by atoms with E-state index in [9.17, 15) is 0 Å². The first-order valence-electron chi connectivity index (χ1n) is 10.1. The standard InChI is InChI=1S/C22H28ClN5O/c1-17-3-8-21(29-17)15-28(11-2-10-27-12-9-24-16-27)14-19-13-25-26-22(19)18-4-6-20(23)7-5-18/h3-9,12,16,19,22,25-26H,2,10-11,13-15H2,1H3. The fourth-order valence-electron chi connectivity index (χ4n) is 3.98. The molecule has 2 aromatic heterocycles. The van der Waals surface area contributed by atoms with Crippen molar-refractivity contribution in [2.75, 3.05) is 19.6 Å². The minimum atomic E-state index is 0.266. The molecule has 3 heterocycles. The highest BCUT2D eigenvalue weighted by atomic mass is 35.5. The molecule has 0 amide bonds. The monoisotopic (exact) mass is 413 g/mol. The average molecular weight is 414 g/mol. The third-order valence-corrected chi connectivity index (χ3v) is 5.69. The van der Waals surface area contributed by atoms with Crippen molar-refractivity contribution in [3.05, 3.63) is 77.2 Å². The number of benzene rings is 1. The summed E-state index contributed by atoms with van der Waals surface area (Å²) in [6.07, 6.45) is 6.79. The predicted molar refractivity (Wildman–Crippen MR) is 114 cm³/mol. The van der Waals surface area contributed by atoms with Gasteiger partial charge in [0.2, 0.25) is 0 Å². The Bertz CT molecular complexity index is 877. The molecule has 0 aliphatic carbocycles. The van der Waals surface area contributed by atoms with E-state index in [4.69, 9.17) is 16.0 Å². The highest BCUT2D eigenvalue weighted by Gasteiger charge is 2.30. The van der Waals surface area contributed by atoms with Gasteiger partial charge in [-0.15, -0.1) is 0 Å². The van der Waals surface area contributed by atoms with Gasteiger partial charge in [0.05, 0.1) is 18.9 Å². The molecular formula is C22H28ClN5O. The van der Waals surface area contributed by atoms with Crippen molar-refractivity contribution in [1.82, 2.24) is 25.3 Å². The molecule has 2 unspecified atom stereocenters. The summed E-state index contributed by atoms with van der Waals surface area (Å²) in [6.45, 7) is 6.70. The number of furan rings is 1. The van der Waals surface area contributed by atoms with Crippen LogP contribution in [0.5, 0.6) is 0 Å². The lowest BCUT2D eigenvalue weighted by molar-refractivity contribution is 0.197. The number of halogens is 1. The molecule has 1 saturated heterocycles. The normalized spacial score (nSPS) is 19.3. The number of nitrogens with zero attached hydrogens (tertiary/aromatic N) is 3. The Kier molecular flexibility index (Phi) is 6.67. The van der Waals surface area contributed by atoms with Gasteiger partial charge in [-0.25, -0.2) is 10.4 Å². The van der Waals surface area contributed by atoms with Gasteiger partial charge in [0.15, 0.2) is 0 Å². The van der Waals surface area contributed by atoms with Crippen LogP contribution >= 0.6 is 11.6 Å². The van der Waals surface area contributed by atoms with Gasteiger partial charge in [-0.3, -0.25) is 10.3 Å². The maximum atomic E-state index is 6.07. The number of hydrogen-bond donors (Lipinski definition) is 2. The van der Waals surface area contributed by atoms with Crippen molar-refractivity contribution in [1.29, 1.82) is 0 Å². The summed E-state index contributed by atoms with van der Waals surface area (Å²) in [4.78, 5) is 6.63. The number of aryl methyl sites for hydroxylation is 2. The second-order valence-corrected chi connectivity index (χ2v) is 8.15. The van der Waals surface area contributed by atoms with Gasteiger partial charge in [-0.1, -0.05) is 23.7 Å². The van der Waals surface area contributed by atoms with Gasteiger partial charge >= 0.3 is 0 Å². The van der Waals surface area contributed by atoms with Gasteiger partial charge in [-0.05, 0) is 43.2 Å². The lowest BCUT2D eigenvalue weighted by Crippen LogP contribution is -2.33. The first-order chi connectivity index (χ1) is 14.2. The van der Waals surface area contributed by atoms with Crippen LogP contribution in [0.3, 0.4) is 0 Å². The fourth-order valence-corrected chi connectivity index (χ4v) is 4.11. The molecular weight excluding hydrogens is 386 g/mol. The van der Waals surface area contributed by atoms with Crippen LogP contribution in [0.15, 0.2) is 59.5 Å². The molecule has 7 heteroatoms. The molecule has 2 atom stereocenters. The SMILES string of the molecule is Cc1ccc(CN(CCCn2ccnc2)CC2CNNC2c2ccc(Cl)cc2)o1. The maximum absolute atomic E-state index is 6.07. The Labute approximate surface area is 176 Å². The van der Waals surface area contributed by atoms with Crippen LogP contribution in [0.2, 0.25) is 5.02 Å². The molecule has 6 nitrogen and oxygen atoms in total. The Morgan fingerprint density at radius 2 is 2.10 bits per heavy atom. The summed E-state index contributed by atoms with van der Waals surface area (Å²) in [6, 6.07) is 12.5. The molecule has 0 bridgehead atoms. The van der Waals surface area contributed by atoms with Crippen molar-refractivity contribution in [2.45, 2.75) is 32.5 Å². The molecule has 3 aromatic rings. The summed E-state index contributed by atoms with van der Waals surface area (Å²) >= 11 is 6.07. The number of nitrogens with one attached hydrogen (secondary N) is 2. The van der Waals surface area contributed by atoms with E-state index in [0.29, 0.717) is 5.92 Å². The van der Waals surface area contributed by atoms with Crippen molar-refractivity contribution < 1.29 is 4.42 Å². The molecule has 1 aromatic carbocycles. The van der Waals surface area contributed by atoms with E-state index in [1.807, 2.05) is 43.8 Å². The molecule has 2 N–H and O–H groups in total. The topological polar surface area (TPSA) is 58.3 Å². The number of hydrogen-bond acceptors (Lipinski definition) is 5. The van der Waals surface area contributed by atoms with Crippen molar-refractivity contribution >= 4 is 11.6 Å². The summed E-state index contributed by atoms with van der Waals surface area (Å²) in [5.74, 6) is 2.44. The molecule has 0 radical (unpaired) electrons. The van der Waals surface area contributed by atoms with Gasteiger partial charge in [-0.2, -0.15) is 0 Å². The fraction of sp³-hybridized carbons (Fsp3) is 0.409. The lowest BCUT2D eigenvalue weighted by Gasteiger charge is -2.27. The summed E-state index contributed by atoms with van der Waals surface area (Å²) in [5, 5.41) is 0.769. The Morgan fingerprint density at radius 3 is 2.83 bits per heavy atom. The largest absolute Gasteiger partial charge is 0.465 e. The first kappa shape index (κ1) is 20.2. The van der Waals surface area contributed by atoms with E-state index in [-0.39, 0.29) is 6.04 Å². The van der Waals surface area contributed by atoms with Crippen LogP contribution in [0.4, 0.5) is 0 Å². The number of hydrazine groups is 1. The molecule has 154 valence electrons. The van der Waals surface area contributed by atoms with E-state index < -0.39 is 0 Å².